The van der Waals surface area contributed by atoms with E-state index in [1.807, 2.05) is 24.3 Å². The van der Waals surface area contributed by atoms with E-state index in [2.05, 4.69) is 6.58 Å². The van der Waals surface area contributed by atoms with Crippen molar-refractivity contribution in [2.45, 2.75) is 6.92 Å². The average molecular weight is 237 g/mol. The molecular formula is C13H13ClO2. The van der Waals surface area contributed by atoms with Crippen LogP contribution in [0.25, 0.3) is 6.08 Å². The van der Waals surface area contributed by atoms with Gasteiger partial charge >= 0.3 is 0 Å². The number of ether oxygens (including phenoxy) is 1. The highest BCUT2D eigenvalue weighted by Crippen LogP contribution is 2.19. The lowest BCUT2D eigenvalue weighted by Gasteiger charge is -2.02. The normalized spacial score (nSPS) is 11.1. The number of carbonyl (C=O) groups is 1. The Balaban J connectivity index is 3.04. The Morgan fingerprint density at radius 1 is 1.38 bits per heavy atom. The minimum atomic E-state index is -0.101. The van der Waals surface area contributed by atoms with Crippen molar-refractivity contribution in [3.63, 3.8) is 0 Å². The van der Waals surface area contributed by atoms with E-state index in [-0.39, 0.29) is 10.8 Å². The van der Waals surface area contributed by atoms with Crippen molar-refractivity contribution >= 4 is 23.5 Å². The molecule has 0 saturated carbocycles. The predicted molar refractivity (Wildman–Crippen MR) is 66.6 cm³/mol. The molecular weight excluding hydrogens is 224 g/mol. The summed E-state index contributed by atoms with van der Waals surface area (Å²) >= 11 is 5.74. The largest absolute Gasteiger partial charge is 0.497 e. The first kappa shape index (κ1) is 12.5. The third kappa shape index (κ3) is 3.24. The summed E-state index contributed by atoms with van der Waals surface area (Å²) in [5, 5.41) is 0.253. The number of hydrogen-bond donors (Lipinski definition) is 0. The minimum absolute atomic E-state index is 0.101. The van der Waals surface area contributed by atoms with Gasteiger partial charge in [0.05, 0.1) is 7.11 Å². The van der Waals surface area contributed by atoms with Crippen molar-refractivity contribution in [2.24, 2.45) is 0 Å². The molecule has 2 nitrogen and oxygen atoms in total. The van der Waals surface area contributed by atoms with Gasteiger partial charge in [0.25, 0.3) is 0 Å². The second-order valence-corrected chi connectivity index (χ2v) is 3.75. The first-order valence-corrected chi connectivity index (χ1v) is 5.14. The lowest BCUT2D eigenvalue weighted by molar-refractivity contribution is -0.113. The van der Waals surface area contributed by atoms with Crippen LogP contribution in [0, 0.1) is 0 Å². The number of methoxy groups -OCH3 is 1. The molecule has 0 fully saturated rings. The molecule has 1 aromatic rings. The van der Waals surface area contributed by atoms with E-state index < -0.39 is 0 Å². The molecule has 0 unspecified atom stereocenters. The van der Waals surface area contributed by atoms with Crippen molar-refractivity contribution in [3.8, 4) is 5.75 Å². The summed E-state index contributed by atoms with van der Waals surface area (Å²) in [7, 11) is 1.60. The van der Waals surface area contributed by atoms with Crippen LogP contribution in [-0.4, -0.2) is 12.9 Å². The maximum atomic E-state index is 11.3. The first-order valence-electron chi connectivity index (χ1n) is 4.76. The molecule has 0 aliphatic heterocycles. The maximum absolute atomic E-state index is 11.3. The second-order valence-electron chi connectivity index (χ2n) is 3.29. The lowest BCUT2D eigenvalue weighted by atomic mass is 10.1. The molecule has 0 radical (unpaired) electrons. The number of benzene rings is 1. The van der Waals surface area contributed by atoms with E-state index in [9.17, 15) is 4.79 Å². The molecule has 0 saturated heterocycles. The molecule has 1 rings (SSSR count). The topological polar surface area (TPSA) is 26.3 Å². The lowest BCUT2D eigenvalue weighted by Crippen LogP contribution is -1.95. The quantitative estimate of drug-likeness (QED) is 0.592. The van der Waals surface area contributed by atoms with Gasteiger partial charge in [0.2, 0.25) is 0 Å². The minimum Gasteiger partial charge on any atom is -0.497 e. The summed E-state index contributed by atoms with van der Waals surface area (Å²) in [4.78, 5) is 11.3. The molecule has 1 aromatic carbocycles. The Hall–Kier alpha value is -1.54. The summed E-state index contributed by atoms with van der Waals surface area (Å²) in [6.45, 7) is 5.02. The zero-order valence-corrected chi connectivity index (χ0v) is 10.0. The first-order chi connectivity index (χ1) is 7.54. The highest BCUT2D eigenvalue weighted by atomic mass is 35.5. The molecule has 0 aliphatic carbocycles. The second kappa shape index (κ2) is 5.52. The van der Waals surface area contributed by atoms with E-state index in [1.165, 1.54) is 6.92 Å². The number of allylic oxidation sites excluding steroid dienone is 2. The van der Waals surface area contributed by atoms with E-state index >= 15 is 0 Å². The smallest absolute Gasteiger partial charge is 0.161 e. The van der Waals surface area contributed by atoms with Crippen LogP contribution in [0.5, 0.6) is 5.75 Å². The van der Waals surface area contributed by atoms with Crippen molar-refractivity contribution in [2.75, 3.05) is 7.11 Å². The molecule has 0 spiro atoms. The molecule has 0 amide bonds. The Labute approximate surface area is 100 Å². The van der Waals surface area contributed by atoms with E-state index in [1.54, 1.807) is 13.2 Å². The predicted octanol–water partition coefficient (Wildman–Crippen LogP) is 3.42. The van der Waals surface area contributed by atoms with E-state index in [0.717, 1.165) is 11.3 Å². The van der Waals surface area contributed by atoms with Gasteiger partial charge in [0.15, 0.2) is 5.78 Å². The summed E-state index contributed by atoms with van der Waals surface area (Å²) in [6, 6.07) is 7.34. The number of halogens is 1. The maximum Gasteiger partial charge on any atom is 0.161 e. The zero-order valence-electron chi connectivity index (χ0n) is 9.29. The van der Waals surface area contributed by atoms with Crippen LogP contribution in [0.1, 0.15) is 12.5 Å². The van der Waals surface area contributed by atoms with E-state index in [4.69, 9.17) is 16.3 Å². The van der Waals surface area contributed by atoms with Crippen molar-refractivity contribution in [3.05, 3.63) is 47.0 Å². The van der Waals surface area contributed by atoms with Crippen LogP contribution < -0.4 is 4.74 Å². The molecule has 0 aliphatic rings. The van der Waals surface area contributed by atoms with Crippen LogP contribution in [0.3, 0.4) is 0 Å². The summed E-state index contributed by atoms with van der Waals surface area (Å²) < 4.78 is 5.04. The fourth-order valence-electron chi connectivity index (χ4n) is 1.24. The van der Waals surface area contributed by atoms with Gasteiger partial charge in [-0.3, -0.25) is 4.79 Å². The SMILES string of the molecule is C=C(Cl)/C(=C\c1ccc(OC)cc1)C(C)=O. The van der Waals surface area contributed by atoms with Crippen molar-refractivity contribution < 1.29 is 9.53 Å². The van der Waals surface area contributed by atoms with Gasteiger partial charge in [-0.15, -0.1) is 0 Å². The Kier molecular flexibility index (Phi) is 4.32. The molecule has 84 valence electrons. The highest BCUT2D eigenvalue weighted by Gasteiger charge is 2.06. The fourth-order valence-corrected chi connectivity index (χ4v) is 1.43. The monoisotopic (exact) mass is 236 g/mol. The van der Waals surface area contributed by atoms with Gasteiger partial charge in [-0.05, 0) is 30.7 Å². The number of hydrogen-bond acceptors (Lipinski definition) is 2. The molecule has 0 atom stereocenters. The summed E-state index contributed by atoms with van der Waals surface area (Å²) in [6.07, 6.45) is 1.71. The fraction of sp³-hybridized carbons (Fsp3) is 0.154. The summed E-state index contributed by atoms with van der Waals surface area (Å²) in [5.41, 5.74) is 1.31. The summed E-state index contributed by atoms with van der Waals surface area (Å²) in [5.74, 6) is 0.669. The van der Waals surface area contributed by atoms with Crippen LogP contribution >= 0.6 is 11.6 Å². The molecule has 16 heavy (non-hydrogen) atoms. The highest BCUT2D eigenvalue weighted by molar-refractivity contribution is 6.35. The van der Waals surface area contributed by atoms with Crippen LogP contribution in [0.4, 0.5) is 0 Å². The number of rotatable bonds is 4. The van der Waals surface area contributed by atoms with Gasteiger partial charge < -0.3 is 4.74 Å². The number of ketones is 1. The zero-order chi connectivity index (χ0) is 12.1. The third-order valence-corrected chi connectivity index (χ3v) is 2.30. The van der Waals surface area contributed by atoms with Crippen molar-refractivity contribution in [1.82, 2.24) is 0 Å². The van der Waals surface area contributed by atoms with Gasteiger partial charge in [0, 0.05) is 10.6 Å². The molecule has 0 N–H and O–H groups in total. The Morgan fingerprint density at radius 3 is 2.31 bits per heavy atom. The molecule has 0 heterocycles. The third-order valence-electron chi connectivity index (χ3n) is 2.10. The number of carbonyl (C=O) groups excluding carboxylic acids is 1. The van der Waals surface area contributed by atoms with Crippen LogP contribution in [0.15, 0.2) is 41.4 Å². The van der Waals surface area contributed by atoms with Crippen LogP contribution in [-0.2, 0) is 4.79 Å². The van der Waals surface area contributed by atoms with Gasteiger partial charge in [-0.1, -0.05) is 30.3 Å². The Morgan fingerprint density at radius 2 is 1.94 bits per heavy atom. The van der Waals surface area contributed by atoms with Gasteiger partial charge in [-0.2, -0.15) is 0 Å². The Bertz CT molecular complexity index is 414. The standard InChI is InChI=1S/C13H13ClO2/c1-9(14)13(10(2)15)8-11-4-6-12(16-3)7-5-11/h4-8H,1H2,2-3H3/b13-8+. The van der Waals surface area contributed by atoms with Gasteiger partial charge in [-0.25, -0.2) is 0 Å². The average Bonchev–Trinajstić information content (AvgIpc) is 2.25. The molecule has 3 heteroatoms. The number of Topliss-reactive ketones (excluding diaryl/α,β-unsaturated/α-hetero) is 1. The van der Waals surface area contributed by atoms with Crippen molar-refractivity contribution in [1.29, 1.82) is 0 Å². The van der Waals surface area contributed by atoms with Crippen LogP contribution in [0.2, 0.25) is 0 Å². The van der Waals surface area contributed by atoms with E-state index in [0.29, 0.717) is 5.57 Å². The molecule has 0 bridgehead atoms. The van der Waals surface area contributed by atoms with Gasteiger partial charge in [0.1, 0.15) is 5.75 Å². The molecule has 0 aromatic heterocycles.